The van der Waals surface area contributed by atoms with Gasteiger partial charge in [-0.15, -0.1) is 0 Å². The van der Waals surface area contributed by atoms with Gasteiger partial charge in [0.25, 0.3) is 0 Å². The van der Waals surface area contributed by atoms with Crippen molar-refractivity contribution in [3.63, 3.8) is 0 Å². The zero-order valence-corrected chi connectivity index (χ0v) is 55.0. The Bertz CT molecular complexity index is 1490. The summed E-state index contributed by atoms with van der Waals surface area (Å²) < 4.78 is 1.51. The minimum Gasteiger partial charge on any atom is -0.493 e. The number of hydrogen-bond donors (Lipinski definition) is 0. The Morgan fingerprint density at radius 2 is 0.456 bits per heavy atom. The molecule has 0 saturated heterocycles. The third-order valence-electron chi connectivity index (χ3n) is 16.7. The Balaban J connectivity index is 0.00000120. The summed E-state index contributed by atoms with van der Waals surface area (Å²) in [5.41, 5.74) is 21.3. The van der Waals surface area contributed by atoms with Crippen LogP contribution in [0.1, 0.15) is 385 Å². The maximum atomic E-state index is 11.6. The first-order chi connectivity index (χ1) is 38.5. The standard InChI is InChI=1S/C32H44N2.2C22H45.Ni/c1-5-9-13-25-17-21-27(22-18-25)31-29(15-11-7-3)30(16-12-8-4)32(34(31)33)28-23-19-26(20-24-28)14-10-6-2;2*1-3-5-7-9-11-13-15-17-19-21-22-20-18-16-14-12-10-8-6-4-2;/h17-24H,5-16H2,1-4H3;2*1,3-22H2,2H3;/q;2*-1;+2. The van der Waals surface area contributed by atoms with E-state index >= 15 is 0 Å². The molecule has 0 amide bonds. The van der Waals surface area contributed by atoms with Crippen molar-refractivity contribution in [2.75, 3.05) is 0 Å². The molecule has 0 unspecified atom stereocenters. The first-order valence-electron chi connectivity index (χ1n) is 35.2. The third kappa shape index (κ3) is 41.6. The number of benzene rings is 2. The summed E-state index contributed by atoms with van der Waals surface area (Å²) in [5, 5.41) is 0. The van der Waals surface area contributed by atoms with Crippen LogP contribution < -0.4 is 0 Å². The Morgan fingerprint density at radius 3 is 0.658 bits per heavy atom. The van der Waals surface area contributed by atoms with Gasteiger partial charge in [0.1, 0.15) is 0 Å². The normalized spacial score (nSPS) is 12.2. The number of aryl methyl sites for hydroxylation is 2. The van der Waals surface area contributed by atoms with E-state index < -0.39 is 0 Å². The van der Waals surface area contributed by atoms with Crippen molar-refractivity contribution in [1.82, 2.24) is 0 Å². The average molecular weight is 1130 g/mol. The number of nitrogens with zero attached hydrogens (tertiary/aromatic N) is 2. The topological polar surface area (TPSA) is 25.3 Å². The van der Waals surface area contributed by atoms with Gasteiger partial charge in [-0.1, -0.05) is 335 Å². The molecule has 0 aromatic heterocycles. The summed E-state index contributed by atoms with van der Waals surface area (Å²) in [6, 6.07) is 17.8. The Kier molecular flexibility index (Phi) is 57.7. The van der Waals surface area contributed by atoms with Gasteiger partial charge < -0.3 is 19.4 Å². The molecule has 1 heterocycles. The molecule has 0 radical (unpaired) electrons. The van der Waals surface area contributed by atoms with Crippen LogP contribution in [0, 0.1) is 13.8 Å². The van der Waals surface area contributed by atoms with Crippen LogP contribution >= 0.6 is 0 Å². The van der Waals surface area contributed by atoms with Gasteiger partial charge in [0.2, 0.25) is 11.4 Å². The fraction of sp³-hybridized carbons (Fsp3) is 0.763. The van der Waals surface area contributed by atoms with Gasteiger partial charge >= 0.3 is 16.5 Å². The van der Waals surface area contributed by atoms with E-state index in [-0.39, 0.29) is 16.5 Å². The second-order valence-corrected chi connectivity index (χ2v) is 24.2. The van der Waals surface area contributed by atoms with Crippen molar-refractivity contribution in [3.05, 3.63) is 101 Å². The largest absolute Gasteiger partial charge is 2.00 e. The van der Waals surface area contributed by atoms with Crippen LogP contribution in [-0.2, 0) is 29.3 Å². The van der Waals surface area contributed by atoms with Crippen molar-refractivity contribution >= 4 is 11.4 Å². The number of hydrogen-bond acceptors (Lipinski definition) is 0. The monoisotopic (exact) mass is 1130 g/mol. The van der Waals surface area contributed by atoms with E-state index in [1.54, 1.807) is 0 Å². The zero-order chi connectivity index (χ0) is 56.6. The average Bonchev–Trinajstić information content (AvgIpc) is 3.88. The quantitative estimate of drug-likeness (QED) is 0.0273. The number of rotatable bonds is 52. The van der Waals surface area contributed by atoms with Gasteiger partial charge in [-0.2, -0.15) is 12.8 Å². The second kappa shape index (κ2) is 59.2. The van der Waals surface area contributed by atoms with E-state index in [0.717, 1.165) is 86.7 Å². The number of unbranched alkanes of at least 4 members (excludes halogenated alkanes) is 42. The molecular formula is C76H134N2Ni. The van der Waals surface area contributed by atoms with Crippen LogP contribution in [0.5, 0.6) is 0 Å². The smallest absolute Gasteiger partial charge is 0.493 e. The maximum absolute atomic E-state index is 11.6. The first kappa shape index (κ1) is 77.0. The van der Waals surface area contributed by atoms with Gasteiger partial charge in [-0.3, -0.25) is 0 Å². The fourth-order valence-corrected chi connectivity index (χ4v) is 11.4. The molecule has 1 aliphatic rings. The van der Waals surface area contributed by atoms with Gasteiger partial charge in [0.15, 0.2) is 0 Å². The van der Waals surface area contributed by atoms with Gasteiger partial charge in [0, 0.05) is 22.3 Å². The molecule has 0 fully saturated rings. The molecule has 0 bridgehead atoms. The van der Waals surface area contributed by atoms with Gasteiger partial charge in [-0.25, -0.2) is 4.70 Å². The molecule has 0 saturated carbocycles. The van der Waals surface area contributed by atoms with E-state index in [4.69, 9.17) is 0 Å². The predicted molar refractivity (Wildman–Crippen MR) is 353 cm³/mol. The first-order valence-corrected chi connectivity index (χ1v) is 35.2. The second-order valence-electron chi connectivity index (χ2n) is 24.2. The summed E-state index contributed by atoms with van der Waals surface area (Å²) in [7, 11) is 0. The van der Waals surface area contributed by atoms with Crippen LogP contribution in [0.3, 0.4) is 0 Å². The molecule has 0 spiro atoms. The molecule has 0 N–H and O–H groups in total. The molecule has 458 valence electrons. The molecule has 2 aromatic carbocycles. The zero-order valence-electron chi connectivity index (χ0n) is 54.0. The Hall–Kier alpha value is -1.99. The van der Waals surface area contributed by atoms with E-state index in [9.17, 15) is 5.53 Å². The molecular weight excluding hydrogens is 1000 g/mol. The Morgan fingerprint density at radius 1 is 0.266 bits per heavy atom. The van der Waals surface area contributed by atoms with Crippen molar-refractivity contribution in [1.29, 1.82) is 0 Å². The van der Waals surface area contributed by atoms with E-state index in [1.165, 1.54) is 297 Å². The van der Waals surface area contributed by atoms with E-state index in [1.807, 2.05) is 0 Å². The molecule has 1 aliphatic heterocycles. The summed E-state index contributed by atoms with van der Waals surface area (Å²) in [6.45, 7) is 21.4. The SMILES string of the molecule is CCCCC1=C(c2ccc(CCCC)cc2)[N+](=[N-])C(c2ccc(CCCC)cc2)=C1CCCC.[CH2-]CCCCCCCCCCCCCCCCCCCCC.[CH2-]CCCCCCCCCCCCCCCCCCCCC.[Ni+2]. The number of allylic oxidation sites excluding steroid dienone is 2. The minimum absolute atomic E-state index is 0. The van der Waals surface area contributed by atoms with Crippen LogP contribution in [0.4, 0.5) is 0 Å². The minimum atomic E-state index is 0. The molecule has 2 aromatic rings. The van der Waals surface area contributed by atoms with Crippen molar-refractivity contribution in [3.8, 4) is 0 Å². The molecule has 3 rings (SSSR count). The van der Waals surface area contributed by atoms with Crippen LogP contribution in [0.25, 0.3) is 16.9 Å². The van der Waals surface area contributed by atoms with Gasteiger partial charge in [-0.05, 0) is 86.8 Å². The predicted octanol–water partition coefficient (Wildman–Crippen LogP) is 27.2. The van der Waals surface area contributed by atoms with E-state index in [0.29, 0.717) is 0 Å². The molecule has 0 aliphatic carbocycles. The summed E-state index contributed by atoms with van der Waals surface area (Å²) in [4.78, 5) is 0. The summed E-state index contributed by atoms with van der Waals surface area (Å²) in [5.74, 6) is 0. The third-order valence-corrected chi connectivity index (χ3v) is 16.7. The maximum Gasteiger partial charge on any atom is 2.00 e. The van der Waals surface area contributed by atoms with Gasteiger partial charge in [0.05, 0.1) is 0 Å². The fourth-order valence-electron chi connectivity index (χ4n) is 11.4. The van der Waals surface area contributed by atoms with Crippen molar-refractivity contribution < 1.29 is 21.2 Å². The summed E-state index contributed by atoms with van der Waals surface area (Å²) >= 11 is 0. The molecule has 0 atom stereocenters. The van der Waals surface area contributed by atoms with Crippen LogP contribution in [0.15, 0.2) is 59.7 Å². The van der Waals surface area contributed by atoms with Crippen LogP contribution in [-0.4, -0.2) is 4.70 Å². The molecule has 3 heteroatoms. The molecule has 79 heavy (non-hydrogen) atoms. The van der Waals surface area contributed by atoms with Crippen molar-refractivity contribution in [2.45, 2.75) is 375 Å². The Labute approximate surface area is 506 Å². The summed E-state index contributed by atoms with van der Waals surface area (Å²) in [6.07, 6.45) is 71.3. The van der Waals surface area contributed by atoms with Crippen LogP contribution in [0.2, 0.25) is 0 Å². The molecule has 2 nitrogen and oxygen atoms in total. The van der Waals surface area contributed by atoms with E-state index in [2.05, 4.69) is 104 Å². The van der Waals surface area contributed by atoms with Crippen molar-refractivity contribution in [2.24, 2.45) is 0 Å².